The molecule has 1 saturated heterocycles. The van der Waals surface area contributed by atoms with Gasteiger partial charge in [0.15, 0.2) is 5.69 Å². The number of amides is 2. The summed E-state index contributed by atoms with van der Waals surface area (Å²) in [7, 11) is 0. The topological polar surface area (TPSA) is 89.4 Å². The zero-order chi connectivity index (χ0) is 22.1. The fraction of sp³-hybridized carbons (Fsp3) is 0.583. The molecule has 2 amide bonds. The van der Waals surface area contributed by atoms with Crippen LogP contribution < -0.4 is 5.32 Å². The summed E-state index contributed by atoms with van der Waals surface area (Å²) in [5, 5.41) is 11.6. The van der Waals surface area contributed by atoms with E-state index in [0.29, 0.717) is 50.8 Å². The van der Waals surface area contributed by atoms with Crippen LogP contribution in [0.25, 0.3) is 0 Å². The summed E-state index contributed by atoms with van der Waals surface area (Å²) >= 11 is 0. The average molecular weight is 438 g/mol. The van der Waals surface area contributed by atoms with E-state index in [1.54, 1.807) is 9.58 Å². The van der Waals surface area contributed by atoms with Gasteiger partial charge in [0.05, 0.1) is 18.8 Å². The number of nitrogens with zero attached hydrogens (tertiary/aromatic N) is 4. The van der Waals surface area contributed by atoms with Crippen LogP contribution in [0.5, 0.6) is 0 Å². The summed E-state index contributed by atoms with van der Waals surface area (Å²) < 4.78 is 7.85. The van der Waals surface area contributed by atoms with Crippen molar-refractivity contribution in [3.05, 3.63) is 46.8 Å². The van der Waals surface area contributed by atoms with Crippen LogP contribution in [0.2, 0.25) is 0 Å². The average Bonchev–Trinajstić information content (AvgIpc) is 3.48. The lowest BCUT2D eigenvalue weighted by atomic mass is 9.95. The fourth-order valence-electron chi connectivity index (χ4n) is 5.04. The molecule has 1 aromatic heterocycles. The Morgan fingerprint density at radius 1 is 1.06 bits per heavy atom. The highest BCUT2D eigenvalue weighted by Gasteiger charge is 2.33. The highest BCUT2D eigenvalue weighted by atomic mass is 16.5. The van der Waals surface area contributed by atoms with Crippen molar-refractivity contribution in [3.8, 4) is 0 Å². The minimum absolute atomic E-state index is 0.00714. The SMILES string of the molecule is Cc1ccc([C@H]2Cn3nnc(C(=O)N4CCC(C(=O)NC5CCCC5)CC4)c3CO2)cc1. The van der Waals surface area contributed by atoms with Crippen molar-refractivity contribution < 1.29 is 14.3 Å². The number of hydrogen-bond acceptors (Lipinski definition) is 5. The molecule has 8 heteroatoms. The van der Waals surface area contributed by atoms with E-state index in [0.717, 1.165) is 24.1 Å². The van der Waals surface area contributed by atoms with Crippen LogP contribution in [0.4, 0.5) is 0 Å². The third-order valence-corrected chi connectivity index (χ3v) is 7.10. The summed E-state index contributed by atoms with van der Waals surface area (Å²) in [4.78, 5) is 27.5. The molecule has 1 aliphatic carbocycles. The van der Waals surface area contributed by atoms with Gasteiger partial charge in [0, 0.05) is 25.0 Å². The van der Waals surface area contributed by atoms with E-state index < -0.39 is 0 Å². The second-order valence-corrected chi connectivity index (χ2v) is 9.33. The molecule has 32 heavy (non-hydrogen) atoms. The molecule has 1 saturated carbocycles. The molecular weight excluding hydrogens is 406 g/mol. The predicted molar refractivity (Wildman–Crippen MR) is 118 cm³/mol. The van der Waals surface area contributed by atoms with Crippen LogP contribution in [0, 0.1) is 12.8 Å². The molecule has 1 atom stereocenters. The minimum atomic E-state index is -0.113. The van der Waals surface area contributed by atoms with Crippen LogP contribution >= 0.6 is 0 Å². The van der Waals surface area contributed by atoms with Crippen molar-refractivity contribution in [3.63, 3.8) is 0 Å². The van der Waals surface area contributed by atoms with Gasteiger partial charge in [0.1, 0.15) is 6.10 Å². The zero-order valence-electron chi connectivity index (χ0n) is 18.6. The fourth-order valence-corrected chi connectivity index (χ4v) is 5.04. The third kappa shape index (κ3) is 4.28. The molecule has 3 heterocycles. The first-order chi connectivity index (χ1) is 15.6. The van der Waals surface area contributed by atoms with Gasteiger partial charge in [0.25, 0.3) is 5.91 Å². The van der Waals surface area contributed by atoms with Crippen molar-refractivity contribution >= 4 is 11.8 Å². The van der Waals surface area contributed by atoms with Crippen molar-refractivity contribution in [2.24, 2.45) is 5.92 Å². The van der Waals surface area contributed by atoms with Crippen LogP contribution in [-0.2, 0) is 22.7 Å². The van der Waals surface area contributed by atoms with E-state index in [-0.39, 0.29) is 23.8 Å². The Balaban J connectivity index is 1.18. The maximum atomic E-state index is 13.1. The van der Waals surface area contributed by atoms with Gasteiger partial charge in [0.2, 0.25) is 5.91 Å². The lowest BCUT2D eigenvalue weighted by Crippen LogP contribution is -2.45. The van der Waals surface area contributed by atoms with Crippen molar-refractivity contribution in [1.29, 1.82) is 0 Å². The number of hydrogen-bond donors (Lipinski definition) is 1. The van der Waals surface area contributed by atoms with E-state index in [1.165, 1.54) is 18.4 Å². The summed E-state index contributed by atoms with van der Waals surface area (Å²) in [6.07, 6.45) is 5.89. The van der Waals surface area contributed by atoms with Crippen molar-refractivity contribution in [2.75, 3.05) is 13.1 Å². The van der Waals surface area contributed by atoms with Gasteiger partial charge in [-0.2, -0.15) is 0 Å². The van der Waals surface area contributed by atoms with Gasteiger partial charge >= 0.3 is 0 Å². The van der Waals surface area contributed by atoms with Crippen LogP contribution in [0.3, 0.4) is 0 Å². The number of carbonyl (C=O) groups excluding carboxylic acids is 2. The molecular formula is C24H31N5O3. The number of aryl methyl sites for hydroxylation is 1. The third-order valence-electron chi connectivity index (χ3n) is 7.10. The summed E-state index contributed by atoms with van der Waals surface area (Å²) in [6.45, 7) is 4.06. The van der Waals surface area contributed by atoms with Gasteiger partial charge in [-0.3, -0.25) is 9.59 Å². The number of rotatable bonds is 4. The van der Waals surface area contributed by atoms with Gasteiger partial charge < -0.3 is 15.0 Å². The summed E-state index contributed by atoms with van der Waals surface area (Å²) in [6, 6.07) is 8.63. The number of fused-ring (bicyclic) bond motifs is 1. The largest absolute Gasteiger partial charge is 0.365 e. The number of carbonyl (C=O) groups is 2. The Hall–Kier alpha value is -2.74. The van der Waals surface area contributed by atoms with Gasteiger partial charge in [-0.05, 0) is 38.2 Å². The highest BCUT2D eigenvalue weighted by Crippen LogP contribution is 2.28. The van der Waals surface area contributed by atoms with Crippen LogP contribution in [0.1, 0.15) is 71.9 Å². The molecule has 2 aromatic rings. The van der Waals surface area contributed by atoms with E-state index in [2.05, 4.69) is 46.8 Å². The number of nitrogens with one attached hydrogen (secondary N) is 1. The van der Waals surface area contributed by atoms with E-state index in [9.17, 15) is 9.59 Å². The minimum Gasteiger partial charge on any atom is -0.365 e. The molecule has 170 valence electrons. The second kappa shape index (κ2) is 9.02. The Labute approximate surface area is 188 Å². The Morgan fingerprint density at radius 3 is 2.50 bits per heavy atom. The summed E-state index contributed by atoms with van der Waals surface area (Å²) in [5.41, 5.74) is 3.42. The number of likely N-dealkylation sites (tertiary alicyclic amines) is 1. The zero-order valence-corrected chi connectivity index (χ0v) is 18.6. The quantitative estimate of drug-likeness (QED) is 0.795. The Morgan fingerprint density at radius 2 is 1.78 bits per heavy atom. The summed E-state index contributed by atoms with van der Waals surface area (Å²) in [5.74, 6) is 0.0335. The molecule has 0 bridgehead atoms. The van der Waals surface area contributed by atoms with Gasteiger partial charge in [-0.1, -0.05) is 47.9 Å². The standard InChI is InChI=1S/C24H31N5O3/c1-16-6-8-17(9-7-16)21-14-29-20(15-32-21)22(26-27-29)24(31)28-12-10-18(11-13-28)23(30)25-19-4-2-3-5-19/h6-9,18-19,21H,2-5,10-15H2,1H3,(H,25,30)/t21-/m1/s1. The Bertz CT molecular complexity index is 972. The molecule has 2 aliphatic heterocycles. The smallest absolute Gasteiger partial charge is 0.276 e. The number of benzene rings is 1. The molecule has 5 rings (SSSR count). The number of piperidine rings is 1. The first-order valence-corrected chi connectivity index (χ1v) is 11.8. The van der Waals surface area contributed by atoms with Crippen molar-refractivity contribution in [1.82, 2.24) is 25.2 Å². The van der Waals surface area contributed by atoms with Crippen LogP contribution in [0.15, 0.2) is 24.3 Å². The van der Waals surface area contributed by atoms with E-state index in [4.69, 9.17) is 4.74 Å². The lowest BCUT2D eigenvalue weighted by Gasteiger charge is -2.32. The molecule has 1 aromatic carbocycles. The number of aromatic nitrogens is 3. The molecule has 1 N–H and O–H groups in total. The second-order valence-electron chi connectivity index (χ2n) is 9.33. The molecule has 3 aliphatic rings. The predicted octanol–water partition coefficient (Wildman–Crippen LogP) is 2.77. The first-order valence-electron chi connectivity index (χ1n) is 11.8. The molecule has 8 nitrogen and oxygen atoms in total. The van der Waals surface area contributed by atoms with Crippen LogP contribution in [-0.4, -0.2) is 50.8 Å². The monoisotopic (exact) mass is 437 g/mol. The van der Waals surface area contributed by atoms with E-state index in [1.807, 2.05) is 0 Å². The van der Waals surface area contributed by atoms with Gasteiger partial charge in [-0.25, -0.2) is 4.68 Å². The lowest BCUT2D eigenvalue weighted by molar-refractivity contribution is -0.127. The number of ether oxygens (including phenoxy) is 1. The molecule has 0 spiro atoms. The normalized spacial score (nSPS) is 22.0. The van der Waals surface area contributed by atoms with Crippen molar-refractivity contribution in [2.45, 2.75) is 70.7 Å². The molecule has 0 unspecified atom stereocenters. The maximum Gasteiger partial charge on any atom is 0.276 e. The van der Waals surface area contributed by atoms with Gasteiger partial charge in [-0.15, -0.1) is 5.10 Å². The van der Waals surface area contributed by atoms with E-state index >= 15 is 0 Å². The Kier molecular flexibility index (Phi) is 5.95. The maximum absolute atomic E-state index is 13.1. The molecule has 0 radical (unpaired) electrons. The first kappa shape index (κ1) is 21.1. The highest BCUT2D eigenvalue weighted by molar-refractivity contribution is 5.93. The molecule has 2 fully saturated rings.